The summed E-state index contributed by atoms with van der Waals surface area (Å²) in [7, 11) is 0. The van der Waals surface area contributed by atoms with Gasteiger partial charge in [0.05, 0.1) is 16.6 Å². The molecule has 2 nitrogen and oxygen atoms in total. The Labute approximate surface area is 221 Å². The predicted octanol–water partition coefficient (Wildman–Crippen LogP) is 9.11. The molecule has 38 heavy (non-hydrogen) atoms. The number of benzene rings is 4. The summed E-state index contributed by atoms with van der Waals surface area (Å²) in [5.74, 6) is -0.613. The zero-order chi connectivity index (χ0) is 26.8. The summed E-state index contributed by atoms with van der Waals surface area (Å²) in [6, 6.07) is 23.9. The van der Waals surface area contributed by atoms with Crippen molar-refractivity contribution >= 4 is 17.1 Å². The van der Waals surface area contributed by atoms with Crippen molar-refractivity contribution in [2.45, 2.75) is 38.6 Å². The van der Waals surface area contributed by atoms with Crippen LogP contribution in [-0.4, -0.2) is 9.55 Å². The van der Waals surface area contributed by atoms with E-state index in [4.69, 9.17) is 4.98 Å². The molecule has 0 aliphatic rings. The van der Waals surface area contributed by atoms with Gasteiger partial charge in [0.2, 0.25) is 0 Å². The first-order chi connectivity index (χ1) is 18.4. The first kappa shape index (κ1) is 25.5. The first-order valence-corrected chi connectivity index (χ1v) is 12.8. The molecule has 5 rings (SSSR count). The second-order valence-corrected chi connectivity index (χ2v) is 9.69. The lowest BCUT2D eigenvalue weighted by molar-refractivity contribution is 0.546. The summed E-state index contributed by atoms with van der Waals surface area (Å²) in [5, 5.41) is 0. The van der Waals surface area contributed by atoms with E-state index in [9.17, 15) is 8.78 Å². The van der Waals surface area contributed by atoms with Crippen LogP contribution in [0.2, 0.25) is 0 Å². The van der Waals surface area contributed by atoms with E-state index in [1.807, 2.05) is 24.3 Å². The molecule has 0 radical (unpaired) electrons. The lowest BCUT2D eigenvalue weighted by atomic mass is 9.85. The van der Waals surface area contributed by atoms with Crippen LogP contribution in [0.4, 0.5) is 13.2 Å². The number of hydrogen-bond donors (Lipinski definition) is 0. The average molecular weight is 511 g/mol. The zero-order valence-electron chi connectivity index (χ0n) is 21.5. The topological polar surface area (TPSA) is 17.8 Å². The van der Waals surface area contributed by atoms with Gasteiger partial charge in [-0.3, -0.25) is 0 Å². The fraction of sp³-hybridized carbons (Fsp3) is 0.182. The Morgan fingerprint density at radius 2 is 1.47 bits per heavy atom. The summed E-state index contributed by atoms with van der Waals surface area (Å²) in [6.45, 7) is 8.05. The van der Waals surface area contributed by atoms with Crippen molar-refractivity contribution < 1.29 is 13.2 Å². The van der Waals surface area contributed by atoms with Gasteiger partial charge in [-0.25, -0.2) is 18.2 Å². The minimum absolute atomic E-state index is 0.130. The Hall–Kier alpha value is -4.12. The molecule has 0 N–H and O–H groups in total. The number of aromatic nitrogens is 2. The fourth-order valence-electron chi connectivity index (χ4n) is 4.98. The van der Waals surface area contributed by atoms with Gasteiger partial charge in [0, 0.05) is 12.0 Å². The van der Waals surface area contributed by atoms with Gasteiger partial charge < -0.3 is 4.57 Å². The van der Waals surface area contributed by atoms with Crippen LogP contribution >= 0.6 is 0 Å². The van der Waals surface area contributed by atoms with Gasteiger partial charge in [0.25, 0.3) is 0 Å². The van der Waals surface area contributed by atoms with E-state index in [0.717, 1.165) is 39.7 Å². The number of imidazole rings is 1. The molecule has 0 spiro atoms. The standard InChI is InChI=1S/C33H29F3N2/c1-4-21(3)38-32-17-7-22(5-2)20-31(32)37-33(38)28-16-6-23(19-30(28)36)18-29(24-8-12-26(34)13-9-24)25-10-14-27(35)15-11-25/h5-17,19-21,29H,2,4,18H2,1,3H3. The molecule has 192 valence electrons. The summed E-state index contributed by atoms with van der Waals surface area (Å²) < 4.78 is 45.1. The maximum Gasteiger partial charge on any atom is 0.144 e. The monoisotopic (exact) mass is 510 g/mol. The molecule has 0 aliphatic carbocycles. The molecule has 0 saturated heterocycles. The van der Waals surface area contributed by atoms with E-state index in [0.29, 0.717) is 17.8 Å². The Morgan fingerprint density at radius 3 is 2.03 bits per heavy atom. The maximum atomic E-state index is 15.7. The SMILES string of the molecule is C=Cc1ccc2c(c1)nc(-c1ccc(CC(c3ccc(F)cc3)c3ccc(F)cc3)cc1F)n2C(C)CC. The average Bonchev–Trinajstić information content (AvgIpc) is 3.31. The van der Waals surface area contributed by atoms with Crippen molar-refractivity contribution in [1.29, 1.82) is 0 Å². The predicted molar refractivity (Wildman–Crippen MR) is 149 cm³/mol. The number of nitrogens with zero attached hydrogens (tertiary/aromatic N) is 2. The number of hydrogen-bond acceptors (Lipinski definition) is 1. The van der Waals surface area contributed by atoms with Crippen molar-refractivity contribution in [2.75, 3.05) is 0 Å². The van der Waals surface area contributed by atoms with Crippen LogP contribution in [0.25, 0.3) is 28.5 Å². The molecular weight excluding hydrogens is 481 g/mol. The van der Waals surface area contributed by atoms with Gasteiger partial charge in [-0.05, 0) is 90.6 Å². The van der Waals surface area contributed by atoms with Crippen molar-refractivity contribution in [3.63, 3.8) is 0 Å². The lowest BCUT2D eigenvalue weighted by Gasteiger charge is -2.19. The summed E-state index contributed by atoms with van der Waals surface area (Å²) in [4.78, 5) is 4.83. The van der Waals surface area contributed by atoms with Gasteiger partial charge in [0.15, 0.2) is 0 Å². The molecule has 1 unspecified atom stereocenters. The normalized spacial score (nSPS) is 12.3. The number of fused-ring (bicyclic) bond motifs is 1. The summed E-state index contributed by atoms with van der Waals surface area (Å²) in [5.41, 5.74) is 5.68. The zero-order valence-corrected chi connectivity index (χ0v) is 21.5. The second kappa shape index (κ2) is 10.7. The van der Waals surface area contributed by atoms with E-state index >= 15 is 4.39 Å². The fourth-order valence-corrected chi connectivity index (χ4v) is 4.98. The van der Waals surface area contributed by atoms with Gasteiger partial charge in [0.1, 0.15) is 23.3 Å². The van der Waals surface area contributed by atoms with E-state index in [2.05, 4.69) is 25.0 Å². The van der Waals surface area contributed by atoms with Crippen LogP contribution in [0.3, 0.4) is 0 Å². The molecule has 5 aromatic rings. The van der Waals surface area contributed by atoms with E-state index in [-0.39, 0.29) is 29.4 Å². The third kappa shape index (κ3) is 5.01. The highest BCUT2D eigenvalue weighted by atomic mass is 19.1. The van der Waals surface area contributed by atoms with E-state index in [1.54, 1.807) is 42.5 Å². The van der Waals surface area contributed by atoms with Crippen LogP contribution in [-0.2, 0) is 6.42 Å². The first-order valence-electron chi connectivity index (χ1n) is 12.8. The molecule has 5 heteroatoms. The van der Waals surface area contributed by atoms with Gasteiger partial charge >= 0.3 is 0 Å². The molecule has 4 aromatic carbocycles. The van der Waals surface area contributed by atoms with Gasteiger partial charge in [-0.2, -0.15) is 0 Å². The third-order valence-electron chi connectivity index (χ3n) is 7.24. The molecule has 0 amide bonds. The van der Waals surface area contributed by atoms with Crippen molar-refractivity contribution in [3.05, 3.63) is 131 Å². The van der Waals surface area contributed by atoms with Crippen LogP contribution in [0.5, 0.6) is 0 Å². The van der Waals surface area contributed by atoms with E-state index in [1.165, 1.54) is 24.3 Å². The van der Waals surface area contributed by atoms with Crippen LogP contribution in [0.15, 0.2) is 91.5 Å². The molecule has 0 aliphatic heterocycles. The number of halogens is 3. The highest BCUT2D eigenvalue weighted by Crippen LogP contribution is 2.34. The minimum atomic E-state index is -0.358. The second-order valence-electron chi connectivity index (χ2n) is 9.69. The van der Waals surface area contributed by atoms with E-state index < -0.39 is 0 Å². The number of rotatable bonds is 8. The molecule has 1 heterocycles. The largest absolute Gasteiger partial charge is 0.321 e. The van der Waals surface area contributed by atoms with Crippen LogP contribution in [0, 0.1) is 17.5 Å². The molecule has 1 atom stereocenters. The van der Waals surface area contributed by atoms with Gasteiger partial charge in [-0.1, -0.05) is 56.0 Å². The molecule has 0 saturated carbocycles. The van der Waals surface area contributed by atoms with Crippen molar-refractivity contribution in [1.82, 2.24) is 9.55 Å². The molecule has 1 aromatic heterocycles. The highest BCUT2D eigenvalue weighted by Gasteiger charge is 2.21. The third-order valence-corrected chi connectivity index (χ3v) is 7.24. The van der Waals surface area contributed by atoms with Crippen LogP contribution < -0.4 is 0 Å². The van der Waals surface area contributed by atoms with Crippen molar-refractivity contribution in [2.24, 2.45) is 0 Å². The molecule has 0 bridgehead atoms. The van der Waals surface area contributed by atoms with Crippen LogP contribution in [0.1, 0.15) is 54.5 Å². The Kier molecular flexibility index (Phi) is 7.19. The van der Waals surface area contributed by atoms with Gasteiger partial charge in [-0.15, -0.1) is 0 Å². The minimum Gasteiger partial charge on any atom is -0.321 e. The quantitative estimate of drug-likeness (QED) is 0.204. The lowest BCUT2D eigenvalue weighted by Crippen LogP contribution is -2.08. The maximum absolute atomic E-state index is 15.7. The molecular formula is C33H29F3N2. The highest BCUT2D eigenvalue weighted by molar-refractivity contribution is 5.83. The molecule has 0 fully saturated rings. The summed E-state index contributed by atoms with van der Waals surface area (Å²) in [6.07, 6.45) is 3.12. The smallest absolute Gasteiger partial charge is 0.144 e. The Balaban J connectivity index is 1.55. The Bertz CT molecular complexity index is 1540. The summed E-state index contributed by atoms with van der Waals surface area (Å²) >= 11 is 0. The Morgan fingerprint density at radius 1 is 0.842 bits per heavy atom. The van der Waals surface area contributed by atoms with Crippen molar-refractivity contribution in [3.8, 4) is 11.4 Å².